The topological polar surface area (TPSA) is 23.5 Å². The number of nitrogens with zero attached hydrogens (tertiary/aromatic N) is 1. The molecule has 2 atom stereocenters. The summed E-state index contributed by atoms with van der Waals surface area (Å²) < 4.78 is 0. The Hall–Kier alpha value is -1.02. The van der Waals surface area contributed by atoms with Crippen LogP contribution >= 0.6 is 0 Å². The summed E-state index contributed by atoms with van der Waals surface area (Å²) in [6.45, 7) is 6.63. The highest BCUT2D eigenvalue weighted by Gasteiger charge is 2.18. The van der Waals surface area contributed by atoms with Crippen LogP contribution in [0.3, 0.4) is 0 Å². The Labute approximate surface area is 97.9 Å². The van der Waals surface area contributed by atoms with Crippen molar-refractivity contribution in [2.45, 2.75) is 32.8 Å². The molecule has 0 amide bonds. The van der Waals surface area contributed by atoms with Gasteiger partial charge in [-0.05, 0) is 36.5 Å². The van der Waals surface area contributed by atoms with Crippen LogP contribution in [0.2, 0.25) is 0 Å². The Kier molecular flexibility index (Phi) is 3.49. The Morgan fingerprint density at radius 2 is 2.06 bits per heavy atom. The Balaban J connectivity index is 2.07. The molecule has 0 aliphatic carbocycles. The zero-order valence-electron chi connectivity index (χ0n) is 10.2. The van der Waals surface area contributed by atoms with Crippen molar-refractivity contribution in [3.05, 3.63) is 29.8 Å². The van der Waals surface area contributed by atoms with Gasteiger partial charge in [0.1, 0.15) is 0 Å². The van der Waals surface area contributed by atoms with Crippen LogP contribution in [-0.2, 0) is 0 Å². The zero-order valence-corrected chi connectivity index (χ0v) is 10.2. The molecule has 1 unspecified atom stereocenters. The number of hydrogen-bond donors (Lipinski definition) is 1. The highest BCUT2D eigenvalue weighted by molar-refractivity contribution is 5.48. The van der Waals surface area contributed by atoms with Crippen molar-refractivity contribution in [2.75, 3.05) is 18.0 Å². The van der Waals surface area contributed by atoms with Gasteiger partial charge in [0.2, 0.25) is 0 Å². The van der Waals surface area contributed by atoms with Crippen molar-refractivity contribution in [1.29, 1.82) is 0 Å². The van der Waals surface area contributed by atoms with Crippen LogP contribution in [0.15, 0.2) is 24.3 Å². The van der Waals surface area contributed by atoms with E-state index in [1.54, 1.807) is 0 Å². The van der Waals surface area contributed by atoms with Crippen molar-refractivity contribution in [3.8, 4) is 0 Å². The van der Waals surface area contributed by atoms with Crippen molar-refractivity contribution in [2.24, 2.45) is 5.92 Å². The third kappa shape index (κ3) is 2.38. The predicted molar refractivity (Wildman–Crippen MR) is 67.7 cm³/mol. The maximum Gasteiger partial charge on any atom is 0.0787 e. The Bertz CT molecular complexity index is 333. The van der Waals surface area contributed by atoms with Crippen molar-refractivity contribution >= 4 is 5.69 Å². The molecule has 1 aromatic carbocycles. The minimum Gasteiger partial charge on any atom is -0.388 e. The van der Waals surface area contributed by atoms with E-state index < -0.39 is 0 Å². The molecule has 1 fully saturated rings. The van der Waals surface area contributed by atoms with Gasteiger partial charge in [0, 0.05) is 18.8 Å². The molecule has 1 aromatic rings. The second-order valence-corrected chi connectivity index (χ2v) is 4.86. The van der Waals surface area contributed by atoms with Gasteiger partial charge >= 0.3 is 0 Å². The van der Waals surface area contributed by atoms with Crippen LogP contribution < -0.4 is 4.90 Å². The van der Waals surface area contributed by atoms with Crippen LogP contribution in [0, 0.1) is 5.92 Å². The second-order valence-electron chi connectivity index (χ2n) is 4.86. The van der Waals surface area contributed by atoms with Crippen molar-refractivity contribution in [1.82, 2.24) is 0 Å². The molecule has 0 aromatic heterocycles. The summed E-state index contributed by atoms with van der Waals surface area (Å²) in [6, 6.07) is 8.36. The van der Waals surface area contributed by atoms with E-state index >= 15 is 0 Å². The Morgan fingerprint density at radius 3 is 2.56 bits per heavy atom. The SMILES string of the molecule is CC[C@H](O)c1ccc(N2CCC(C)C2)cc1. The number of anilines is 1. The summed E-state index contributed by atoms with van der Waals surface area (Å²) in [5.74, 6) is 0.806. The fourth-order valence-corrected chi connectivity index (χ4v) is 2.31. The summed E-state index contributed by atoms with van der Waals surface area (Å²) in [7, 11) is 0. The molecule has 1 aliphatic heterocycles. The molecular weight excluding hydrogens is 198 g/mol. The fraction of sp³-hybridized carbons (Fsp3) is 0.571. The normalized spacial score (nSPS) is 22.4. The molecule has 2 heteroatoms. The largest absolute Gasteiger partial charge is 0.388 e. The molecule has 1 heterocycles. The lowest BCUT2D eigenvalue weighted by molar-refractivity contribution is 0.173. The van der Waals surface area contributed by atoms with Gasteiger partial charge in [-0.3, -0.25) is 0 Å². The van der Waals surface area contributed by atoms with E-state index in [9.17, 15) is 5.11 Å². The summed E-state index contributed by atoms with van der Waals surface area (Å²) in [5, 5.41) is 9.71. The van der Waals surface area contributed by atoms with Gasteiger partial charge in [0.15, 0.2) is 0 Å². The summed E-state index contributed by atoms with van der Waals surface area (Å²) >= 11 is 0. The number of rotatable bonds is 3. The van der Waals surface area contributed by atoms with Gasteiger partial charge < -0.3 is 10.0 Å². The van der Waals surface area contributed by atoms with Gasteiger partial charge in [0.25, 0.3) is 0 Å². The maximum absolute atomic E-state index is 9.71. The summed E-state index contributed by atoms with van der Waals surface area (Å²) in [6.07, 6.45) is 1.76. The number of aliphatic hydroxyl groups is 1. The molecule has 2 rings (SSSR count). The van der Waals surface area contributed by atoms with E-state index in [4.69, 9.17) is 0 Å². The molecule has 16 heavy (non-hydrogen) atoms. The average molecular weight is 219 g/mol. The zero-order chi connectivity index (χ0) is 11.5. The van der Waals surface area contributed by atoms with Gasteiger partial charge in [0.05, 0.1) is 6.10 Å². The third-order valence-corrected chi connectivity index (χ3v) is 3.45. The van der Waals surface area contributed by atoms with E-state index in [0.717, 1.165) is 31.0 Å². The first-order chi connectivity index (χ1) is 7.70. The van der Waals surface area contributed by atoms with Crippen LogP contribution in [0.5, 0.6) is 0 Å². The summed E-state index contributed by atoms with van der Waals surface area (Å²) in [4.78, 5) is 2.42. The van der Waals surface area contributed by atoms with Crippen LogP contribution in [-0.4, -0.2) is 18.2 Å². The number of benzene rings is 1. The maximum atomic E-state index is 9.71. The third-order valence-electron chi connectivity index (χ3n) is 3.45. The van der Waals surface area contributed by atoms with Crippen LogP contribution in [0.1, 0.15) is 38.4 Å². The second kappa shape index (κ2) is 4.88. The van der Waals surface area contributed by atoms with Crippen LogP contribution in [0.4, 0.5) is 5.69 Å². The molecule has 0 bridgehead atoms. The minimum atomic E-state index is -0.313. The van der Waals surface area contributed by atoms with Gasteiger partial charge in [-0.25, -0.2) is 0 Å². The first-order valence-electron chi connectivity index (χ1n) is 6.23. The highest BCUT2D eigenvalue weighted by Crippen LogP contribution is 2.25. The standard InChI is InChI=1S/C14H21NO/c1-3-14(16)12-4-6-13(7-5-12)15-9-8-11(2)10-15/h4-7,11,14,16H,3,8-10H2,1-2H3/t11?,14-/m0/s1. The fourth-order valence-electron chi connectivity index (χ4n) is 2.31. The van der Waals surface area contributed by atoms with E-state index in [2.05, 4.69) is 24.0 Å². The minimum absolute atomic E-state index is 0.313. The average Bonchev–Trinajstić information content (AvgIpc) is 2.75. The monoisotopic (exact) mass is 219 g/mol. The highest BCUT2D eigenvalue weighted by atomic mass is 16.3. The van der Waals surface area contributed by atoms with Gasteiger partial charge in [-0.2, -0.15) is 0 Å². The number of aliphatic hydroxyl groups excluding tert-OH is 1. The summed E-state index contributed by atoms with van der Waals surface area (Å²) in [5.41, 5.74) is 2.31. The molecule has 88 valence electrons. The molecule has 1 saturated heterocycles. The number of hydrogen-bond acceptors (Lipinski definition) is 2. The van der Waals surface area contributed by atoms with E-state index in [-0.39, 0.29) is 6.10 Å². The van der Waals surface area contributed by atoms with E-state index in [1.807, 2.05) is 19.1 Å². The van der Waals surface area contributed by atoms with Gasteiger partial charge in [-0.15, -0.1) is 0 Å². The molecule has 0 spiro atoms. The molecular formula is C14H21NO. The first-order valence-corrected chi connectivity index (χ1v) is 6.23. The van der Waals surface area contributed by atoms with Gasteiger partial charge in [-0.1, -0.05) is 26.0 Å². The lowest BCUT2D eigenvalue weighted by Crippen LogP contribution is -2.18. The van der Waals surface area contributed by atoms with E-state index in [1.165, 1.54) is 12.1 Å². The lowest BCUT2D eigenvalue weighted by atomic mass is 10.1. The lowest BCUT2D eigenvalue weighted by Gasteiger charge is -2.19. The quantitative estimate of drug-likeness (QED) is 0.844. The van der Waals surface area contributed by atoms with Crippen molar-refractivity contribution < 1.29 is 5.11 Å². The molecule has 0 radical (unpaired) electrons. The van der Waals surface area contributed by atoms with Crippen molar-refractivity contribution in [3.63, 3.8) is 0 Å². The smallest absolute Gasteiger partial charge is 0.0787 e. The molecule has 1 aliphatic rings. The first kappa shape index (κ1) is 11.5. The molecule has 2 nitrogen and oxygen atoms in total. The predicted octanol–water partition coefficient (Wildman–Crippen LogP) is 2.98. The van der Waals surface area contributed by atoms with Crippen LogP contribution in [0.25, 0.3) is 0 Å². The Morgan fingerprint density at radius 1 is 1.38 bits per heavy atom. The molecule has 0 saturated carbocycles. The molecule has 1 N–H and O–H groups in total. The van der Waals surface area contributed by atoms with E-state index in [0.29, 0.717) is 0 Å².